The minimum absolute atomic E-state index is 0.0733. The van der Waals surface area contributed by atoms with Crippen LogP contribution in [0.1, 0.15) is 12.8 Å². The van der Waals surface area contributed by atoms with E-state index in [1.807, 2.05) is 36.2 Å². The number of urea groups is 1. The topological polar surface area (TPSA) is 87.8 Å². The molecular formula is C14H19N3O3. The monoisotopic (exact) mass is 277 g/mol. The normalized spacial score (nSPS) is 31.8. The Morgan fingerprint density at radius 3 is 2.95 bits per heavy atom. The van der Waals surface area contributed by atoms with Gasteiger partial charge in [0, 0.05) is 7.05 Å². The molecule has 1 saturated carbocycles. The van der Waals surface area contributed by atoms with E-state index in [1.54, 1.807) is 0 Å². The summed E-state index contributed by atoms with van der Waals surface area (Å²) in [5.74, 6) is 0.838. The number of para-hydroxylation sites is 2. The molecule has 1 aromatic carbocycles. The van der Waals surface area contributed by atoms with Gasteiger partial charge < -0.3 is 25.8 Å². The van der Waals surface area contributed by atoms with Gasteiger partial charge in [0.15, 0.2) is 0 Å². The van der Waals surface area contributed by atoms with Gasteiger partial charge in [0.05, 0.1) is 23.9 Å². The lowest BCUT2D eigenvalue weighted by molar-refractivity contribution is 0.00148. The van der Waals surface area contributed by atoms with Crippen molar-refractivity contribution in [2.75, 3.05) is 11.9 Å². The molecule has 0 unspecified atom stereocenters. The highest BCUT2D eigenvalue weighted by Gasteiger charge is 2.45. The van der Waals surface area contributed by atoms with Crippen LogP contribution >= 0.6 is 0 Å². The standard InChI is InChI=1S/C14H19N3O3/c1-17-9-4-2-3-5-10(9)20-11-7-6-8(16-14(15)19)13(18)12(11)17/h2-5,8,11-13,18H,6-7H2,1H3,(H3,15,16,19)/t8-,11-,12-,13-/m1/s1. The summed E-state index contributed by atoms with van der Waals surface area (Å²) in [7, 11) is 1.94. The van der Waals surface area contributed by atoms with E-state index in [0.717, 1.165) is 17.9 Å². The number of carbonyl (C=O) groups excluding carboxylic acids is 1. The summed E-state index contributed by atoms with van der Waals surface area (Å²) < 4.78 is 5.98. The van der Waals surface area contributed by atoms with Crippen LogP contribution in [0.4, 0.5) is 10.5 Å². The van der Waals surface area contributed by atoms with Gasteiger partial charge in [0.1, 0.15) is 11.9 Å². The number of nitrogens with two attached hydrogens (primary N) is 1. The molecule has 1 heterocycles. The Morgan fingerprint density at radius 1 is 1.45 bits per heavy atom. The first-order valence-electron chi connectivity index (χ1n) is 6.80. The smallest absolute Gasteiger partial charge is 0.312 e. The number of fused-ring (bicyclic) bond motifs is 2. The molecular weight excluding hydrogens is 258 g/mol. The number of amides is 2. The Hall–Kier alpha value is -1.95. The maximum Gasteiger partial charge on any atom is 0.312 e. The summed E-state index contributed by atoms with van der Waals surface area (Å²) in [6.07, 6.45) is 0.641. The van der Waals surface area contributed by atoms with Crippen molar-refractivity contribution in [1.82, 2.24) is 5.32 Å². The van der Waals surface area contributed by atoms with E-state index in [1.165, 1.54) is 0 Å². The van der Waals surface area contributed by atoms with Crippen molar-refractivity contribution in [3.05, 3.63) is 24.3 Å². The molecule has 2 amide bonds. The van der Waals surface area contributed by atoms with Gasteiger partial charge in [-0.05, 0) is 25.0 Å². The molecule has 0 bridgehead atoms. The van der Waals surface area contributed by atoms with Crippen LogP contribution in [0, 0.1) is 0 Å². The molecule has 1 aromatic rings. The Morgan fingerprint density at radius 2 is 2.20 bits per heavy atom. The van der Waals surface area contributed by atoms with Gasteiger partial charge in [0.2, 0.25) is 0 Å². The lowest BCUT2D eigenvalue weighted by Crippen LogP contribution is -2.64. The second-order valence-corrected chi connectivity index (χ2v) is 5.41. The van der Waals surface area contributed by atoms with E-state index in [4.69, 9.17) is 10.5 Å². The molecule has 6 nitrogen and oxygen atoms in total. The summed E-state index contributed by atoms with van der Waals surface area (Å²) in [6, 6.07) is 6.65. The lowest BCUT2D eigenvalue weighted by Gasteiger charge is -2.48. The molecule has 0 aromatic heterocycles. The summed E-state index contributed by atoms with van der Waals surface area (Å²) in [6.45, 7) is 0. The van der Waals surface area contributed by atoms with E-state index in [-0.39, 0.29) is 18.2 Å². The number of ether oxygens (including phenoxy) is 1. The van der Waals surface area contributed by atoms with Crippen molar-refractivity contribution in [2.24, 2.45) is 5.73 Å². The fourth-order valence-corrected chi connectivity index (χ4v) is 3.26. The Balaban J connectivity index is 1.87. The number of rotatable bonds is 1. The number of primary amides is 1. The first kappa shape index (κ1) is 13.1. The number of nitrogens with one attached hydrogen (secondary N) is 1. The van der Waals surface area contributed by atoms with Gasteiger partial charge in [-0.25, -0.2) is 4.79 Å². The van der Waals surface area contributed by atoms with Crippen LogP contribution in [0.25, 0.3) is 0 Å². The van der Waals surface area contributed by atoms with Crippen molar-refractivity contribution in [3.8, 4) is 5.75 Å². The van der Waals surface area contributed by atoms with Gasteiger partial charge in [0.25, 0.3) is 0 Å². The molecule has 0 saturated heterocycles. The van der Waals surface area contributed by atoms with E-state index in [9.17, 15) is 9.90 Å². The van der Waals surface area contributed by atoms with Gasteiger partial charge in [-0.15, -0.1) is 0 Å². The Bertz CT molecular complexity index is 522. The summed E-state index contributed by atoms with van der Waals surface area (Å²) in [5.41, 5.74) is 6.11. The molecule has 20 heavy (non-hydrogen) atoms. The molecule has 2 aliphatic rings. The second kappa shape index (κ2) is 4.86. The molecule has 1 aliphatic heterocycles. The van der Waals surface area contributed by atoms with Gasteiger partial charge >= 0.3 is 6.03 Å². The van der Waals surface area contributed by atoms with Gasteiger partial charge in [-0.1, -0.05) is 12.1 Å². The molecule has 1 fully saturated rings. The minimum atomic E-state index is -0.709. The van der Waals surface area contributed by atoms with Crippen molar-refractivity contribution < 1.29 is 14.6 Å². The Kier molecular flexibility index (Phi) is 3.17. The van der Waals surface area contributed by atoms with Crippen LogP contribution in [0.5, 0.6) is 5.75 Å². The van der Waals surface area contributed by atoms with E-state index >= 15 is 0 Å². The first-order valence-corrected chi connectivity index (χ1v) is 6.80. The molecule has 0 spiro atoms. The summed E-state index contributed by atoms with van der Waals surface area (Å²) >= 11 is 0. The van der Waals surface area contributed by atoms with Crippen LogP contribution in [0.15, 0.2) is 24.3 Å². The molecule has 3 rings (SSSR count). The third-order valence-corrected chi connectivity index (χ3v) is 4.20. The lowest BCUT2D eigenvalue weighted by atomic mass is 9.83. The molecule has 4 N–H and O–H groups in total. The van der Waals surface area contributed by atoms with Gasteiger partial charge in [-0.2, -0.15) is 0 Å². The average molecular weight is 277 g/mol. The number of likely N-dealkylation sites (N-methyl/N-ethyl adjacent to an activating group) is 1. The summed E-state index contributed by atoms with van der Waals surface area (Å²) in [4.78, 5) is 13.0. The average Bonchev–Trinajstić information content (AvgIpc) is 2.42. The molecule has 0 radical (unpaired) electrons. The van der Waals surface area contributed by atoms with E-state index in [0.29, 0.717) is 6.42 Å². The molecule has 4 atom stereocenters. The fraction of sp³-hybridized carbons (Fsp3) is 0.500. The number of aliphatic hydroxyl groups excluding tert-OH is 1. The zero-order chi connectivity index (χ0) is 14.3. The van der Waals surface area contributed by atoms with E-state index in [2.05, 4.69) is 5.32 Å². The zero-order valence-electron chi connectivity index (χ0n) is 11.3. The van der Waals surface area contributed by atoms with Crippen LogP contribution < -0.4 is 20.7 Å². The quantitative estimate of drug-likeness (QED) is 0.695. The highest BCUT2D eigenvalue weighted by molar-refractivity contribution is 5.72. The number of aliphatic hydroxyl groups is 1. The predicted octanol–water partition coefficient (Wildman–Crippen LogP) is 0.444. The van der Waals surface area contributed by atoms with Crippen molar-refractivity contribution in [2.45, 2.75) is 37.1 Å². The first-order chi connectivity index (χ1) is 9.58. The number of anilines is 1. The van der Waals surface area contributed by atoms with Crippen molar-refractivity contribution in [3.63, 3.8) is 0 Å². The van der Waals surface area contributed by atoms with E-state index < -0.39 is 12.1 Å². The molecule has 6 heteroatoms. The van der Waals surface area contributed by atoms with Crippen LogP contribution in [-0.4, -0.2) is 42.5 Å². The van der Waals surface area contributed by atoms with Crippen LogP contribution in [0.3, 0.4) is 0 Å². The number of benzene rings is 1. The zero-order valence-corrected chi connectivity index (χ0v) is 11.3. The second-order valence-electron chi connectivity index (χ2n) is 5.41. The molecule has 1 aliphatic carbocycles. The maximum absolute atomic E-state index is 11.0. The largest absolute Gasteiger partial charge is 0.486 e. The van der Waals surface area contributed by atoms with Crippen LogP contribution in [0.2, 0.25) is 0 Å². The molecule has 108 valence electrons. The SMILES string of the molecule is CN1c2ccccc2O[C@@H]2CC[C@@H](NC(N)=O)[C@@H](O)[C@@H]21. The predicted molar refractivity (Wildman–Crippen MR) is 74.8 cm³/mol. The Labute approximate surface area is 117 Å². The fourth-order valence-electron chi connectivity index (χ4n) is 3.26. The highest BCUT2D eigenvalue weighted by atomic mass is 16.5. The number of nitrogens with zero attached hydrogens (tertiary/aromatic N) is 1. The number of hydrogen-bond donors (Lipinski definition) is 3. The van der Waals surface area contributed by atoms with Crippen molar-refractivity contribution in [1.29, 1.82) is 0 Å². The minimum Gasteiger partial charge on any atom is -0.486 e. The van der Waals surface area contributed by atoms with Gasteiger partial charge in [-0.3, -0.25) is 0 Å². The maximum atomic E-state index is 11.0. The number of carbonyl (C=O) groups is 1. The summed E-state index contributed by atoms with van der Waals surface area (Å²) in [5, 5.41) is 13.1. The van der Waals surface area contributed by atoms with Crippen molar-refractivity contribution >= 4 is 11.7 Å². The highest BCUT2D eigenvalue weighted by Crippen LogP contribution is 2.39. The third kappa shape index (κ3) is 2.06. The number of hydrogen-bond acceptors (Lipinski definition) is 4. The third-order valence-electron chi connectivity index (χ3n) is 4.20. The van der Waals surface area contributed by atoms with Crippen LogP contribution in [-0.2, 0) is 0 Å².